The molecule has 1 aliphatic rings. The van der Waals surface area contributed by atoms with Gasteiger partial charge in [-0.05, 0) is 24.6 Å². The van der Waals surface area contributed by atoms with E-state index in [1.807, 2.05) is 30.5 Å². The second-order valence-electron chi connectivity index (χ2n) is 5.37. The van der Waals surface area contributed by atoms with Crippen LogP contribution in [0.3, 0.4) is 0 Å². The first-order valence-corrected chi connectivity index (χ1v) is 7.43. The van der Waals surface area contributed by atoms with E-state index < -0.39 is 0 Å². The van der Waals surface area contributed by atoms with Crippen molar-refractivity contribution in [3.8, 4) is 11.1 Å². The Morgan fingerprint density at radius 1 is 1.19 bits per heavy atom. The van der Waals surface area contributed by atoms with Crippen molar-refractivity contribution >= 4 is 5.82 Å². The van der Waals surface area contributed by atoms with E-state index in [2.05, 4.69) is 40.7 Å². The maximum absolute atomic E-state index is 5.90. The number of aromatic nitrogens is 1. The highest BCUT2D eigenvalue weighted by Gasteiger charge is 2.18. The lowest BCUT2D eigenvalue weighted by Gasteiger charge is -2.29. The smallest absolute Gasteiger partial charge is 0.133 e. The average Bonchev–Trinajstić information content (AvgIpc) is 2.54. The number of anilines is 1. The third kappa shape index (κ3) is 3.60. The Kier molecular flexibility index (Phi) is 4.48. The normalized spacial score (nSPS) is 22.0. The van der Waals surface area contributed by atoms with Gasteiger partial charge in [-0.15, -0.1) is 0 Å². The third-order valence-corrected chi connectivity index (χ3v) is 3.62. The van der Waals surface area contributed by atoms with Crippen molar-refractivity contribution in [3.05, 3.63) is 48.7 Å². The van der Waals surface area contributed by atoms with Gasteiger partial charge in [-0.2, -0.15) is 0 Å². The second kappa shape index (κ2) is 6.70. The third-order valence-electron chi connectivity index (χ3n) is 3.62. The molecule has 2 atom stereocenters. The van der Waals surface area contributed by atoms with Crippen LogP contribution in [-0.2, 0) is 4.74 Å². The largest absolute Gasteiger partial charge is 0.371 e. The van der Waals surface area contributed by atoms with Crippen molar-refractivity contribution < 1.29 is 4.74 Å². The zero-order valence-corrected chi connectivity index (χ0v) is 12.3. The Bertz CT molecular complexity index is 573. The summed E-state index contributed by atoms with van der Waals surface area (Å²) in [5.74, 6) is 0.908. The number of morpholine rings is 1. The summed E-state index contributed by atoms with van der Waals surface area (Å²) in [6, 6.07) is 14.4. The fraction of sp³-hybridized carbons (Fsp3) is 0.353. The quantitative estimate of drug-likeness (QED) is 0.905. The van der Waals surface area contributed by atoms with Gasteiger partial charge < -0.3 is 15.4 Å². The lowest BCUT2D eigenvalue weighted by atomic mass is 10.1. The Labute approximate surface area is 125 Å². The molecular formula is C17H21N3O. The number of pyridine rings is 1. The van der Waals surface area contributed by atoms with Gasteiger partial charge in [-0.3, -0.25) is 0 Å². The Morgan fingerprint density at radius 2 is 2.05 bits per heavy atom. The second-order valence-corrected chi connectivity index (χ2v) is 5.37. The monoisotopic (exact) mass is 283 g/mol. The van der Waals surface area contributed by atoms with Gasteiger partial charge in [0.1, 0.15) is 5.82 Å². The Morgan fingerprint density at radius 3 is 2.86 bits per heavy atom. The maximum Gasteiger partial charge on any atom is 0.133 e. The number of nitrogens with one attached hydrogen (secondary N) is 2. The Balaban J connectivity index is 1.71. The molecule has 2 heterocycles. The highest BCUT2D eigenvalue weighted by atomic mass is 16.5. The summed E-state index contributed by atoms with van der Waals surface area (Å²) in [4.78, 5) is 4.47. The van der Waals surface area contributed by atoms with Gasteiger partial charge >= 0.3 is 0 Å². The average molecular weight is 283 g/mol. The van der Waals surface area contributed by atoms with E-state index in [4.69, 9.17) is 4.74 Å². The van der Waals surface area contributed by atoms with E-state index in [9.17, 15) is 0 Å². The molecule has 1 saturated heterocycles. The fourth-order valence-corrected chi connectivity index (χ4v) is 2.60. The molecule has 0 bridgehead atoms. The van der Waals surface area contributed by atoms with Crippen molar-refractivity contribution in [2.75, 3.05) is 25.0 Å². The lowest BCUT2D eigenvalue weighted by Crippen LogP contribution is -2.46. The van der Waals surface area contributed by atoms with Crippen LogP contribution >= 0.6 is 0 Å². The molecule has 2 N–H and O–H groups in total. The van der Waals surface area contributed by atoms with Crippen molar-refractivity contribution in [3.63, 3.8) is 0 Å². The predicted molar refractivity (Wildman–Crippen MR) is 85.4 cm³/mol. The van der Waals surface area contributed by atoms with Crippen molar-refractivity contribution in [2.24, 2.45) is 0 Å². The van der Waals surface area contributed by atoms with Gasteiger partial charge in [-0.25, -0.2) is 4.98 Å². The van der Waals surface area contributed by atoms with E-state index in [0.29, 0.717) is 0 Å². The molecule has 4 nitrogen and oxygen atoms in total. The number of rotatable bonds is 4. The number of ether oxygens (including phenoxy) is 1. The van der Waals surface area contributed by atoms with Crippen LogP contribution in [0.25, 0.3) is 11.1 Å². The SMILES string of the molecule is C[C@@H]1CNC[C@@H](CNc2ncccc2-c2ccccc2)O1. The zero-order valence-electron chi connectivity index (χ0n) is 12.3. The lowest BCUT2D eigenvalue weighted by molar-refractivity contribution is -0.0196. The number of hydrogen-bond acceptors (Lipinski definition) is 4. The number of nitrogens with zero attached hydrogens (tertiary/aromatic N) is 1. The fourth-order valence-electron chi connectivity index (χ4n) is 2.60. The van der Waals surface area contributed by atoms with Gasteiger partial charge in [-0.1, -0.05) is 30.3 Å². The van der Waals surface area contributed by atoms with Crippen LogP contribution in [0.2, 0.25) is 0 Å². The van der Waals surface area contributed by atoms with Crippen molar-refractivity contribution in [1.29, 1.82) is 0 Å². The highest BCUT2D eigenvalue weighted by Crippen LogP contribution is 2.25. The topological polar surface area (TPSA) is 46.2 Å². The number of benzene rings is 1. The molecule has 1 aromatic heterocycles. The van der Waals surface area contributed by atoms with Crippen LogP contribution < -0.4 is 10.6 Å². The van der Waals surface area contributed by atoms with Gasteiger partial charge in [0.25, 0.3) is 0 Å². The van der Waals surface area contributed by atoms with E-state index in [1.54, 1.807) is 0 Å². The van der Waals surface area contributed by atoms with Gasteiger partial charge in [0.15, 0.2) is 0 Å². The molecule has 0 aliphatic carbocycles. The van der Waals surface area contributed by atoms with Crippen molar-refractivity contribution in [1.82, 2.24) is 10.3 Å². The molecule has 0 amide bonds. The molecule has 0 unspecified atom stereocenters. The molecule has 0 radical (unpaired) electrons. The predicted octanol–water partition coefficient (Wildman–Crippen LogP) is 2.54. The molecule has 3 rings (SSSR count). The van der Waals surface area contributed by atoms with Gasteiger partial charge in [0.2, 0.25) is 0 Å². The minimum absolute atomic E-state index is 0.180. The summed E-state index contributed by atoms with van der Waals surface area (Å²) in [7, 11) is 0. The number of hydrogen-bond donors (Lipinski definition) is 2. The van der Waals surface area contributed by atoms with E-state index in [-0.39, 0.29) is 12.2 Å². The molecular weight excluding hydrogens is 262 g/mol. The molecule has 110 valence electrons. The standard InChI is InChI=1S/C17H21N3O/c1-13-10-18-11-15(21-13)12-20-17-16(8-5-9-19-17)14-6-3-2-4-7-14/h2-9,13,15,18H,10-12H2,1H3,(H,19,20)/t13-,15+/m1/s1. The zero-order chi connectivity index (χ0) is 14.5. The molecule has 2 aromatic rings. The molecule has 0 saturated carbocycles. The Hall–Kier alpha value is -1.91. The van der Waals surface area contributed by atoms with Crippen LogP contribution in [0.4, 0.5) is 5.82 Å². The van der Waals surface area contributed by atoms with E-state index in [1.165, 1.54) is 5.56 Å². The van der Waals surface area contributed by atoms with Crippen LogP contribution in [0, 0.1) is 0 Å². The maximum atomic E-state index is 5.90. The summed E-state index contributed by atoms with van der Waals surface area (Å²) in [6.07, 6.45) is 2.26. The van der Waals surface area contributed by atoms with E-state index >= 15 is 0 Å². The van der Waals surface area contributed by atoms with Crippen LogP contribution in [0.15, 0.2) is 48.7 Å². The summed E-state index contributed by atoms with van der Waals surface area (Å²) in [5.41, 5.74) is 2.29. The first-order valence-electron chi connectivity index (χ1n) is 7.43. The molecule has 1 aliphatic heterocycles. The molecule has 4 heteroatoms. The summed E-state index contributed by atoms with van der Waals surface area (Å²) in [6.45, 7) is 4.66. The molecule has 21 heavy (non-hydrogen) atoms. The summed E-state index contributed by atoms with van der Waals surface area (Å²) >= 11 is 0. The van der Waals surface area contributed by atoms with Crippen molar-refractivity contribution in [2.45, 2.75) is 19.1 Å². The highest BCUT2D eigenvalue weighted by molar-refractivity contribution is 5.74. The first-order chi connectivity index (χ1) is 10.3. The van der Waals surface area contributed by atoms with Gasteiger partial charge in [0, 0.05) is 31.4 Å². The van der Waals surface area contributed by atoms with Crippen LogP contribution in [0.5, 0.6) is 0 Å². The molecule has 1 fully saturated rings. The molecule has 0 spiro atoms. The van der Waals surface area contributed by atoms with Crippen LogP contribution in [-0.4, -0.2) is 36.8 Å². The summed E-state index contributed by atoms with van der Waals surface area (Å²) in [5, 5.41) is 6.81. The minimum Gasteiger partial charge on any atom is -0.371 e. The van der Waals surface area contributed by atoms with E-state index in [0.717, 1.165) is 31.0 Å². The van der Waals surface area contributed by atoms with Crippen LogP contribution in [0.1, 0.15) is 6.92 Å². The summed E-state index contributed by atoms with van der Waals surface area (Å²) < 4.78 is 5.90. The molecule has 1 aromatic carbocycles. The minimum atomic E-state index is 0.180. The van der Waals surface area contributed by atoms with Gasteiger partial charge in [0.05, 0.1) is 12.2 Å². The first kappa shape index (κ1) is 14.0.